The summed E-state index contributed by atoms with van der Waals surface area (Å²) in [5.41, 5.74) is 5.63. The van der Waals surface area contributed by atoms with Crippen molar-refractivity contribution in [2.24, 2.45) is 0 Å². The van der Waals surface area contributed by atoms with E-state index < -0.39 is 0 Å². The van der Waals surface area contributed by atoms with Gasteiger partial charge in [0.1, 0.15) is 0 Å². The van der Waals surface area contributed by atoms with Gasteiger partial charge >= 0.3 is 0 Å². The lowest BCUT2D eigenvalue weighted by atomic mass is 10.1. The molecule has 0 atom stereocenters. The Kier molecular flexibility index (Phi) is 3.25. The molecule has 3 heteroatoms. The quantitative estimate of drug-likeness (QED) is 0.664. The second-order valence-electron chi connectivity index (χ2n) is 4.95. The monoisotopic (exact) mass is 262 g/mol. The summed E-state index contributed by atoms with van der Waals surface area (Å²) in [5, 5.41) is 4.40. The Morgan fingerprint density at radius 3 is 2.50 bits per heavy atom. The first-order valence-electron chi connectivity index (χ1n) is 6.59. The summed E-state index contributed by atoms with van der Waals surface area (Å²) in [6.07, 6.45) is 7.59. The van der Waals surface area contributed by atoms with Crippen LogP contribution in [0.4, 0.5) is 0 Å². The molecule has 2 aromatic heterocycles. The number of rotatable bonds is 2. The average molecular weight is 262 g/mol. The maximum Gasteiger partial charge on any atom is 0.238 e. The van der Waals surface area contributed by atoms with Crippen LogP contribution in [0.5, 0.6) is 0 Å². The Morgan fingerprint density at radius 2 is 1.75 bits per heavy atom. The zero-order valence-electron chi connectivity index (χ0n) is 11.6. The summed E-state index contributed by atoms with van der Waals surface area (Å²) < 4.78 is 1.87. The van der Waals surface area contributed by atoms with Crippen LogP contribution in [0.3, 0.4) is 0 Å². The van der Waals surface area contributed by atoms with Crippen molar-refractivity contribution in [2.75, 3.05) is 0 Å². The highest BCUT2D eigenvalue weighted by Gasteiger charge is 2.09. The Hall–Kier alpha value is -2.55. The Balaban J connectivity index is 2.03. The average Bonchev–Trinajstić information content (AvgIpc) is 2.48. The van der Waals surface area contributed by atoms with Gasteiger partial charge < -0.3 is 0 Å². The van der Waals surface area contributed by atoms with E-state index in [0.29, 0.717) is 0 Å². The van der Waals surface area contributed by atoms with Crippen LogP contribution in [-0.2, 0) is 0 Å². The minimum absolute atomic E-state index is 1.05. The molecule has 0 N–H and O–H groups in total. The van der Waals surface area contributed by atoms with Gasteiger partial charge in [-0.15, -0.1) is 0 Å². The van der Waals surface area contributed by atoms with Crippen LogP contribution in [0, 0.1) is 13.8 Å². The number of nitrogens with zero attached hydrogens (tertiary/aromatic N) is 3. The van der Waals surface area contributed by atoms with E-state index >= 15 is 0 Å². The number of benzene rings is 1. The fourth-order valence-electron chi connectivity index (χ4n) is 2.12. The topological polar surface area (TPSA) is 29.7 Å². The lowest BCUT2D eigenvalue weighted by Crippen LogP contribution is -2.34. The molecule has 0 aliphatic rings. The van der Waals surface area contributed by atoms with Gasteiger partial charge in [-0.2, -0.15) is 0 Å². The zero-order valence-corrected chi connectivity index (χ0v) is 11.6. The maximum absolute atomic E-state index is 4.40. The van der Waals surface area contributed by atoms with Crippen molar-refractivity contribution in [1.82, 2.24) is 10.1 Å². The molecule has 2 heterocycles. The molecule has 0 spiro atoms. The highest BCUT2D eigenvalue weighted by molar-refractivity contribution is 5.64. The molecule has 1 aromatic carbocycles. The van der Waals surface area contributed by atoms with Gasteiger partial charge in [0.15, 0.2) is 0 Å². The SMILES string of the molecule is Cc1cc[n+](-c2cccc(-c3cncc(C)c3)c2)nc1. The molecule has 3 rings (SSSR count). The van der Waals surface area contributed by atoms with Crippen molar-refractivity contribution >= 4 is 0 Å². The third-order valence-corrected chi connectivity index (χ3v) is 3.18. The van der Waals surface area contributed by atoms with E-state index in [2.05, 4.69) is 41.3 Å². The standard InChI is InChI=1S/C17H16N3/c1-13-6-7-20(19-11-13)17-5-3-4-15(9-17)16-8-14(2)10-18-12-16/h3-12H,1-2H3/q+1. The van der Waals surface area contributed by atoms with Crippen LogP contribution in [0.1, 0.15) is 11.1 Å². The summed E-state index contributed by atoms with van der Waals surface area (Å²) in [6.45, 7) is 4.09. The molecule has 0 aliphatic carbocycles. The predicted octanol–water partition coefficient (Wildman–Crippen LogP) is 3.04. The smallest absolute Gasteiger partial charge is 0.238 e. The largest absolute Gasteiger partial charge is 0.264 e. The molecule has 0 unspecified atom stereocenters. The predicted molar refractivity (Wildman–Crippen MR) is 78.5 cm³/mol. The molecule has 0 saturated carbocycles. The molecule has 0 amide bonds. The van der Waals surface area contributed by atoms with Gasteiger partial charge in [-0.1, -0.05) is 16.8 Å². The van der Waals surface area contributed by atoms with E-state index in [1.807, 2.05) is 48.5 Å². The normalized spacial score (nSPS) is 10.5. The van der Waals surface area contributed by atoms with Crippen LogP contribution in [-0.4, -0.2) is 10.1 Å². The second kappa shape index (κ2) is 5.21. The summed E-state index contributed by atoms with van der Waals surface area (Å²) in [5.74, 6) is 0. The summed E-state index contributed by atoms with van der Waals surface area (Å²) in [6, 6.07) is 12.5. The van der Waals surface area contributed by atoms with Gasteiger partial charge in [-0.3, -0.25) is 4.98 Å². The van der Waals surface area contributed by atoms with E-state index in [1.54, 1.807) is 0 Å². The van der Waals surface area contributed by atoms with Crippen molar-refractivity contribution in [3.8, 4) is 16.8 Å². The van der Waals surface area contributed by atoms with Gasteiger partial charge in [-0.05, 0) is 41.7 Å². The lowest BCUT2D eigenvalue weighted by Gasteiger charge is -2.02. The molecule has 0 saturated heterocycles. The van der Waals surface area contributed by atoms with Crippen molar-refractivity contribution < 1.29 is 4.68 Å². The van der Waals surface area contributed by atoms with Gasteiger partial charge in [0.25, 0.3) is 0 Å². The molecule has 0 fully saturated rings. The van der Waals surface area contributed by atoms with E-state index in [9.17, 15) is 0 Å². The Labute approximate surface area is 118 Å². The first-order chi connectivity index (χ1) is 9.72. The number of hydrogen-bond donors (Lipinski definition) is 0. The van der Waals surface area contributed by atoms with Crippen molar-refractivity contribution in [1.29, 1.82) is 0 Å². The van der Waals surface area contributed by atoms with Crippen LogP contribution in [0.2, 0.25) is 0 Å². The van der Waals surface area contributed by atoms with Crippen LogP contribution >= 0.6 is 0 Å². The third-order valence-electron chi connectivity index (χ3n) is 3.18. The molecule has 3 nitrogen and oxygen atoms in total. The van der Waals surface area contributed by atoms with Crippen LogP contribution < -0.4 is 4.68 Å². The van der Waals surface area contributed by atoms with Crippen molar-refractivity contribution in [2.45, 2.75) is 13.8 Å². The molecule has 20 heavy (non-hydrogen) atoms. The molecule has 0 bridgehead atoms. The second-order valence-corrected chi connectivity index (χ2v) is 4.95. The molecule has 98 valence electrons. The van der Waals surface area contributed by atoms with Gasteiger partial charge in [0.05, 0.1) is 6.20 Å². The summed E-state index contributed by atoms with van der Waals surface area (Å²) >= 11 is 0. The van der Waals surface area contributed by atoms with Gasteiger partial charge in [0, 0.05) is 36.2 Å². The Bertz CT molecular complexity index is 733. The van der Waals surface area contributed by atoms with E-state index in [1.165, 1.54) is 0 Å². The molecule has 0 radical (unpaired) electrons. The maximum atomic E-state index is 4.40. The van der Waals surface area contributed by atoms with Crippen LogP contribution in [0.15, 0.2) is 61.2 Å². The minimum atomic E-state index is 1.05. The number of pyridine rings is 1. The fourth-order valence-corrected chi connectivity index (χ4v) is 2.12. The van der Waals surface area contributed by atoms with Crippen molar-refractivity contribution in [3.05, 3.63) is 72.3 Å². The summed E-state index contributed by atoms with van der Waals surface area (Å²) in [4.78, 5) is 4.25. The molecule has 0 aliphatic heterocycles. The first-order valence-corrected chi connectivity index (χ1v) is 6.59. The van der Waals surface area contributed by atoms with E-state index in [-0.39, 0.29) is 0 Å². The number of aromatic nitrogens is 3. The molecular formula is C17H16N3+. The first kappa shape index (κ1) is 12.5. The van der Waals surface area contributed by atoms with Gasteiger partial charge in [-0.25, -0.2) is 0 Å². The Morgan fingerprint density at radius 1 is 0.850 bits per heavy atom. The highest BCUT2D eigenvalue weighted by atomic mass is 15.3. The molecular weight excluding hydrogens is 246 g/mol. The highest BCUT2D eigenvalue weighted by Crippen LogP contribution is 2.20. The number of hydrogen-bond acceptors (Lipinski definition) is 2. The van der Waals surface area contributed by atoms with E-state index in [0.717, 1.165) is 27.9 Å². The number of aryl methyl sites for hydroxylation is 2. The summed E-state index contributed by atoms with van der Waals surface area (Å²) in [7, 11) is 0. The zero-order chi connectivity index (χ0) is 13.9. The van der Waals surface area contributed by atoms with Gasteiger partial charge in [0.2, 0.25) is 11.9 Å². The third kappa shape index (κ3) is 2.57. The van der Waals surface area contributed by atoms with Crippen molar-refractivity contribution in [3.63, 3.8) is 0 Å². The van der Waals surface area contributed by atoms with E-state index in [4.69, 9.17) is 0 Å². The minimum Gasteiger partial charge on any atom is -0.264 e. The fraction of sp³-hybridized carbons (Fsp3) is 0.118. The molecule has 3 aromatic rings. The lowest BCUT2D eigenvalue weighted by molar-refractivity contribution is -0.660. The van der Waals surface area contributed by atoms with Crippen LogP contribution in [0.25, 0.3) is 16.8 Å².